The van der Waals surface area contributed by atoms with Crippen LogP contribution in [0.25, 0.3) is 0 Å². The highest BCUT2D eigenvalue weighted by molar-refractivity contribution is 6.01. The Kier molecular flexibility index (Phi) is 4.21. The van der Waals surface area contributed by atoms with Crippen molar-refractivity contribution in [2.75, 3.05) is 25.0 Å². The van der Waals surface area contributed by atoms with Crippen LogP contribution in [0, 0.1) is 5.41 Å². The lowest BCUT2D eigenvalue weighted by Crippen LogP contribution is -2.49. The summed E-state index contributed by atoms with van der Waals surface area (Å²) in [6, 6.07) is 6.44. The quantitative estimate of drug-likeness (QED) is 0.910. The topological polar surface area (TPSA) is 60.9 Å². The molecule has 1 aromatic carbocycles. The summed E-state index contributed by atoms with van der Waals surface area (Å²) in [5.41, 5.74) is 0.684. The maximum atomic E-state index is 12.6. The lowest BCUT2D eigenvalue weighted by atomic mass is 9.84. The number of para-hydroxylation sites is 1. The van der Waals surface area contributed by atoms with E-state index in [0.29, 0.717) is 12.2 Å². The van der Waals surface area contributed by atoms with Gasteiger partial charge in [-0.3, -0.25) is 4.90 Å². The summed E-state index contributed by atoms with van der Waals surface area (Å²) in [7, 11) is 1.63. The van der Waals surface area contributed by atoms with Gasteiger partial charge in [0, 0.05) is 20.1 Å². The summed E-state index contributed by atoms with van der Waals surface area (Å²) >= 11 is 0. The average molecular weight is 290 g/mol. The first-order valence-electron chi connectivity index (χ1n) is 7.17. The highest BCUT2D eigenvalue weighted by Crippen LogP contribution is 2.30. The first-order chi connectivity index (χ1) is 9.82. The van der Waals surface area contributed by atoms with Gasteiger partial charge in [0.15, 0.2) is 0 Å². The van der Waals surface area contributed by atoms with Crippen molar-refractivity contribution in [3.8, 4) is 0 Å². The van der Waals surface area contributed by atoms with Crippen molar-refractivity contribution in [2.24, 2.45) is 5.41 Å². The molecule has 2 amide bonds. The van der Waals surface area contributed by atoms with E-state index in [0.717, 1.165) is 19.4 Å². The van der Waals surface area contributed by atoms with Crippen molar-refractivity contribution in [3.63, 3.8) is 0 Å². The molecule has 0 spiro atoms. The van der Waals surface area contributed by atoms with Crippen LogP contribution in [0.2, 0.25) is 0 Å². The zero-order valence-electron chi connectivity index (χ0n) is 12.8. The maximum Gasteiger partial charge on any atom is 0.337 e. The molecule has 1 N–H and O–H groups in total. The van der Waals surface area contributed by atoms with E-state index < -0.39 is 5.97 Å². The van der Waals surface area contributed by atoms with Crippen LogP contribution in [0.15, 0.2) is 24.3 Å². The van der Waals surface area contributed by atoms with Crippen LogP contribution in [-0.2, 0) is 0 Å². The van der Waals surface area contributed by atoms with Gasteiger partial charge in [0.25, 0.3) is 0 Å². The molecule has 0 unspecified atom stereocenters. The van der Waals surface area contributed by atoms with Gasteiger partial charge in [0.05, 0.1) is 11.3 Å². The molecule has 0 aliphatic carbocycles. The molecule has 0 saturated carbocycles. The first-order valence-corrected chi connectivity index (χ1v) is 7.17. The molecule has 1 aliphatic rings. The molecule has 1 aromatic rings. The fourth-order valence-corrected chi connectivity index (χ4v) is 2.85. The number of hydrogen-bond acceptors (Lipinski definition) is 2. The summed E-state index contributed by atoms with van der Waals surface area (Å²) in [4.78, 5) is 27.1. The number of likely N-dealkylation sites (tertiary alicyclic amines) is 1. The lowest BCUT2D eigenvalue weighted by Gasteiger charge is -2.39. The number of benzene rings is 1. The van der Waals surface area contributed by atoms with Crippen LogP contribution in [-0.4, -0.2) is 42.1 Å². The third-order valence-electron chi connectivity index (χ3n) is 3.95. The molecular weight excluding hydrogens is 268 g/mol. The summed E-state index contributed by atoms with van der Waals surface area (Å²) < 4.78 is 0. The van der Waals surface area contributed by atoms with E-state index in [2.05, 4.69) is 13.8 Å². The minimum atomic E-state index is -1.02. The number of carbonyl (C=O) groups excluding carboxylic acids is 1. The second-order valence-electron chi connectivity index (χ2n) is 6.35. The Balaban J connectivity index is 2.22. The summed E-state index contributed by atoms with van der Waals surface area (Å²) in [6.07, 6.45) is 2.08. The van der Waals surface area contributed by atoms with Crippen LogP contribution >= 0.6 is 0 Å². The van der Waals surface area contributed by atoms with Gasteiger partial charge in [-0.15, -0.1) is 0 Å². The van der Waals surface area contributed by atoms with Gasteiger partial charge in [-0.25, -0.2) is 9.59 Å². The van der Waals surface area contributed by atoms with Gasteiger partial charge in [0.2, 0.25) is 0 Å². The predicted octanol–water partition coefficient (Wildman–Crippen LogP) is 3.06. The fourth-order valence-electron chi connectivity index (χ4n) is 2.85. The van der Waals surface area contributed by atoms with Crippen molar-refractivity contribution in [3.05, 3.63) is 29.8 Å². The van der Waals surface area contributed by atoms with Gasteiger partial charge < -0.3 is 10.0 Å². The first kappa shape index (κ1) is 15.4. The van der Waals surface area contributed by atoms with Gasteiger partial charge in [-0.05, 0) is 30.4 Å². The van der Waals surface area contributed by atoms with Crippen molar-refractivity contribution >= 4 is 17.7 Å². The molecule has 5 heteroatoms. The van der Waals surface area contributed by atoms with Crippen molar-refractivity contribution in [1.82, 2.24) is 4.90 Å². The Morgan fingerprint density at radius 3 is 2.57 bits per heavy atom. The molecule has 21 heavy (non-hydrogen) atoms. The third-order valence-corrected chi connectivity index (χ3v) is 3.95. The fraction of sp³-hybridized carbons (Fsp3) is 0.500. The van der Waals surface area contributed by atoms with E-state index in [-0.39, 0.29) is 17.0 Å². The highest BCUT2D eigenvalue weighted by Gasteiger charge is 2.31. The van der Waals surface area contributed by atoms with Crippen LogP contribution in [0.3, 0.4) is 0 Å². The number of carbonyl (C=O) groups is 2. The van der Waals surface area contributed by atoms with Gasteiger partial charge in [-0.1, -0.05) is 26.0 Å². The van der Waals surface area contributed by atoms with Gasteiger partial charge in [0.1, 0.15) is 0 Å². The van der Waals surface area contributed by atoms with E-state index in [9.17, 15) is 14.7 Å². The van der Waals surface area contributed by atoms with Crippen LogP contribution < -0.4 is 4.90 Å². The van der Waals surface area contributed by atoms with Crippen molar-refractivity contribution in [1.29, 1.82) is 0 Å². The maximum absolute atomic E-state index is 12.6. The molecule has 0 radical (unpaired) electrons. The number of carboxylic acid groups (broad SMARTS) is 1. The number of hydrogen-bond donors (Lipinski definition) is 1. The average Bonchev–Trinajstić information content (AvgIpc) is 2.44. The number of carboxylic acids is 1. The van der Waals surface area contributed by atoms with E-state index >= 15 is 0 Å². The van der Waals surface area contributed by atoms with E-state index in [1.165, 1.54) is 11.0 Å². The van der Waals surface area contributed by atoms with Gasteiger partial charge in [-0.2, -0.15) is 0 Å². The molecule has 1 fully saturated rings. The number of amides is 2. The molecule has 0 atom stereocenters. The molecule has 1 heterocycles. The second kappa shape index (κ2) is 5.76. The standard InChI is InChI=1S/C16H22N2O3/c1-16(2)9-6-10-18(11-16)15(21)17(3)13-8-5-4-7-12(13)14(19)20/h4-5,7-8H,6,9-11H2,1-3H3,(H,19,20). The number of aromatic carboxylic acids is 1. The Morgan fingerprint density at radius 1 is 1.29 bits per heavy atom. The van der Waals surface area contributed by atoms with Crippen LogP contribution in [0.5, 0.6) is 0 Å². The molecule has 2 rings (SSSR count). The molecule has 1 aliphatic heterocycles. The Hall–Kier alpha value is -2.04. The van der Waals surface area contributed by atoms with Crippen molar-refractivity contribution < 1.29 is 14.7 Å². The van der Waals surface area contributed by atoms with E-state index in [4.69, 9.17) is 0 Å². The van der Waals surface area contributed by atoms with E-state index in [1.807, 2.05) is 4.90 Å². The largest absolute Gasteiger partial charge is 0.478 e. The molecule has 0 aromatic heterocycles. The number of nitrogens with zero attached hydrogens (tertiary/aromatic N) is 2. The van der Waals surface area contributed by atoms with Crippen molar-refractivity contribution in [2.45, 2.75) is 26.7 Å². The summed E-state index contributed by atoms with van der Waals surface area (Å²) in [5.74, 6) is -1.02. The summed E-state index contributed by atoms with van der Waals surface area (Å²) in [5, 5.41) is 9.24. The molecule has 5 nitrogen and oxygen atoms in total. The predicted molar refractivity (Wildman–Crippen MR) is 81.8 cm³/mol. The summed E-state index contributed by atoms with van der Waals surface area (Å²) in [6.45, 7) is 5.72. The number of piperidine rings is 1. The van der Waals surface area contributed by atoms with Gasteiger partial charge >= 0.3 is 12.0 Å². The van der Waals surface area contributed by atoms with Crippen LogP contribution in [0.1, 0.15) is 37.0 Å². The third kappa shape index (κ3) is 3.35. The SMILES string of the molecule is CN(C(=O)N1CCCC(C)(C)C1)c1ccccc1C(=O)O. The Morgan fingerprint density at radius 2 is 1.95 bits per heavy atom. The Bertz CT molecular complexity index is 554. The zero-order chi connectivity index (χ0) is 15.6. The number of anilines is 1. The zero-order valence-corrected chi connectivity index (χ0v) is 12.8. The highest BCUT2D eigenvalue weighted by atomic mass is 16.4. The van der Waals surface area contributed by atoms with E-state index in [1.54, 1.807) is 25.2 Å². The lowest BCUT2D eigenvalue weighted by molar-refractivity contribution is 0.0697. The smallest absolute Gasteiger partial charge is 0.337 e. The molecule has 114 valence electrons. The molecule has 0 bridgehead atoms. The monoisotopic (exact) mass is 290 g/mol. The molecular formula is C16H22N2O3. The Labute approximate surface area is 125 Å². The minimum Gasteiger partial charge on any atom is -0.478 e. The number of rotatable bonds is 2. The normalized spacial score (nSPS) is 17.4. The second-order valence-corrected chi connectivity index (χ2v) is 6.35. The number of urea groups is 1. The van der Waals surface area contributed by atoms with Crippen LogP contribution in [0.4, 0.5) is 10.5 Å². The molecule has 1 saturated heterocycles. The minimum absolute atomic E-state index is 0.112.